The SMILES string of the molecule is COc1cc(C2N=C(NC#N)Nc3nc(N)c(C#N)c(N)c32)ccc1OCc1ccccc1[N+](=O)[O-]. The Bertz CT molecular complexity index is 1470. The number of aliphatic imine (C=N–C) groups is 1. The molecule has 2 aromatic carbocycles. The van der Waals surface area contributed by atoms with Crippen molar-refractivity contribution in [1.82, 2.24) is 10.3 Å². The van der Waals surface area contributed by atoms with Crippen LogP contribution in [-0.4, -0.2) is 23.0 Å². The maximum absolute atomic E-state index is 11.3. The van der Waals surface area contributed by atoms with E-state index in [-0.39, 0.29) is 41.1 Å². The third kappa shape index (κ3) is 4.32. The molecule has 36 heavy (non-hydrogen) atoms. The van der Waals surface area contributed by atoms with Gasteiger partial charge in [0, 0.05) is 11.6 Å². The largest absolute Gasteiger partial charge is 0.493 e. The number of ether oxygens (including phenoxy) is 2. The molecule has 3 aromatic rings. The first-order valence-electron chi connectivity index (χ1n) is 10.4. The van der Waals surface area contributed by atoms with Gasteiger partial charge in [-0.15, -0.1) is 0 Å². The first-order valence-corrected chi connectivity index (χ1v) is 10.4. The summed E-state index contributed by atoms with van der Waals surface area (Å²) >= 11 is 0. The Hall–Kier alpha value is -5.56. The van der Waals surface area contributed by atoms with Gasteiger partial charge in [0.25, 0.3) is 5.69 Å². The highest BCUT2D eigenvalue weighted by atomic mass is 16.6. The molecule has 4 rings (SSSR count). The summed E-state index contributed by atoms with van der Waals surface area (Å²) in [5.74, 6) is 0.973. The van der Waals surface area contributed by atoms with Gasteiger partial charge >= 0.3 is 0 Å². The lowest BCUT2D eigenvalue weighted by Crippen LogP contribution is -2.32. The van der Waals surface area contributed by atoms with E-state index in [2.05, 4.69) is 20.6 Å². The summed E-state index contributed by atoms with van der Waals surface area (Å²) in [7, 11) is 1.45. The van der Waals surface area contributed by atoms with Crippen LogP contribution in [0.2, 0.25) is 0 Å². The number of nitro groups is 1. The Balaban J connectivity index is 1.73. The fourth-order valence-electron chi connectivity index (χ4n) is 3.76. The van der Waals surface area contributed by atoms with Gasteiger partial charge in [0.15, 0.2) is 17.7 Å². The summed E-state index contributed by atoms with van der Waals surface area (Å²) in [5.41, 5.74) is 13.6. The minimum Gasteiger partial charge on any atom is -0.493 e. The Kier molecular flexibility index (Phi) is 6.38. The Labute approximate surface area is 204 Å². The predicted octanol–water partition coefficient (Wildman–Crippen LogP) is 2.56. The van der Waals surface area contributed by atoms with E-state index in [4.69, 9.17) is 26.2 Å². The van der Waals surface area contributed by atoms with Crippen LogP contribution in [0.5, 0.6) is 11.5 Å². The van der Waals surface area contributed by atoms with Crippen LogP contribution in [0.25, 0.3) is 0 Å². The Morgan fingerprint density at radius 2 is 2.00 bits per heavy atom. The van der Waals surface area contributed by atoms with Crippen LogP contribution < -0.4 is 31.6 Å². The molecule has 0 spiro atoms. The van der Waals surface area contributed by atoms with Crippen molar-refractivity contribution in [2.75, 3.05) is 23.9 Å². The second-order valence-corrected chi connectivity index (χ2v) is 7.49. The van der Waals surface area contributed by atoms with E-state index in [1.807, 2.05) is 6.07 Å². The number of para-hydroxylation sites is 1. The molecular formula is C23H19N9O4. The third-order valence-corrected chi connectivity index (χ3v) is 5.43. The molecule has 2 heterocycles. The van der Waals surface area contributed by atoms with E-state index in [9.17, 15) is 15.4 Å². The highest BCUT2D eigenvalue weighted by molar-refractivity contribution is 5.98. The second kappa shape index (κ2) is 9.74. The second-order valence-electron chi connectivity index (χ2n) is 7.49. The maximum Gasteiger partial charge on any atom is 0.276 e. The summed E-state index contributed by atoms with van der Waals surface area (Å²) in [6.07, 6.45) is 1.79. The molecule has 1 aliphatic rings. The van der Waals surface area contributed by atoms with Crippen molar-refractivity contribution in [3.63, 3.8) is 0 Å². The number of nitrogens with two attached hydrogens (primary N) is 2. The average Bonchev–Trinajstić information content (AvgIpc) is 2.87. The van der Waals surface area contributed by atoms with Gasteiger partial charge < -0.3 is 26.3 Å². The highest BCUT2D eigenvalue weighted by Gasteiger charge is 2.30. The van der Waals surface area contributed by atoms with Crippen LogP contribution in [-0.2, 0) is 6.61 Å². The highest BCUT2D eigenvalue weighted by Crippen LogP contribution is 2.42. The molecule has 1 atom stereocenters. The molecular weight excluding hydrogens is 466 g/mol. The van der Waals surface area contributed by atoms with E-state index in [0.29, 0.717) is 28.2 Å². The van der Waals surface area contributed by atoms with Crippen molar-refractivity contribution in [3.05, 3.63) is 74.8 Å². The van der Waals surface area contributed by atoms with Gasteiger partial charge in [-0.3, -0.25) is 15.4 Å². The number of guanidine groups is 1. The average molecular weight is 485 g/mol. The van der Waals surface area contributed by atoms with Crippen LogP contribution in [0.15, 0.2) is 47.5 Å². The zero-order valence-corrected chi connectivity index (χ0v) is 18.8. The number of fused-ring (bicyclic) bond motifs is 1. The fourth-order valence-corrected chi connectivity index (χ4v) is 3.76. The molecule has 13 nitrogen and oxygen atoms in total. The lowest BCUT2D eigenvalue weighted by molar-refractivity contribution is -0.385. The molecule has 13 heteroatoms. The zero-order valence-electron chi connectivity index (χ0n) is 18.8. The minimum absolute atomic E-state index is 0.0174. The minimum atomic E-state index is -0.768. The fraction of sp³-hybridized carbons (Fsp3) is 0.130. The number of nitrogens with zero attached hydrogens (tertiary/aromatic N) is 5. The number of nitro benzene ring substituents is 1. The molecule has 1 unspecified atom stereocenters. The third-order valence-electron chi connectivity index (χ3n) is 5.43. The number of nitrogen functional groups attached to an aromatic ring is 2. The van der Waals surface area contributed by atoms with Gasteiger partial charge in [-0.1, -0.05) is 18.2 Å². The van der Waals surface area contributed by atoms with E-state index in [1.54, 1.807) is 42.6 Å². The standard InChI is InChI=1S/C23H19N9O4/c1-35-17-8-12(6-7-16(17)36-10-13-4-2-3-5-15(13)32(33)34)20-18-19(26)14(9-24)21(27)30-22(18)31-23(29-20)28-11-25/h2-8,20H,10H2,1H3,(H6,26,27,28,29,30,31). The zero-order chi connectivity index (χ0) is 25.8. The smallest absolute Gasteiger partial charge is 0.276 e. The number of pyridine rings is 1. The molecule has 0 bridgehead atoms. The molecule has 0 saturated carbocycles. The Morgan fingerprint density at radius 3 is 2.69 bits per heavy atom. The first kappa shape index (κ1) is 23.6. The topological polar surface area (TPSA) is 211 Å². The van der Waals surface area contributed by atoms with Crippen molar-refractivity contribution < 1.29 is 14.4 Å². The number of rotatable bonds is 6. The number of nitriles is 2. The summed E-state index contributed by atoms with van der Waals surface area (Å²) in [6.45, 7) is -0.0564. The van der Waals surface area contributed by atoms with Gasteiger partial charge in [-0.05, 0) is 23.8 Å². The van der Waals surface area contributed by atoms with E-state index < -0.39 is 11.0 Å². The van der Waals surface area contributed by atoms with Crippen molar-refractivity contribution in [2.24, 2.45) is 4.99 Å². The lowest BCUT2D eigenvalue weighted by Gasteiger charge is -2.26. The quantitative estimate of drug-likeness (QED) is 0.172. The van der Waals surface area contributed by atoms with Gasteiger partial charge in [-0.25, -0.2) is 9.98 Å². The molecule has 0 radical (unpaired) electrons. The summed E-state index contributed by atoms with van der Waals surface area (Å²) in [4.78, 5) is 19.5. The van der Waals surface area contributed by atoms with Crippen LogP contribution in [0, 0.1) is 32.9 Å². The summed E-state index contributed by atoms with van der Waals surface area (Å²) in [5, 5.41) is 35.1. The first-order chi connectivity index (χ1) is 17.4. The number of nitrogens with one attached hydrogen (secondary N) is 2. The van der Waals surface area contributed by atoms with Crippen molar-refractivity contribution in [1.29, 1.82) is 10.5 Å². The van der Waals surface area contributed by atoms with E-state index >= 15 is 0 Å². The van der Waals surface area contributed by atoms with Gasteiger partial charge in [-0.2, -0.15) is 10.5 Å². The number of methoxy groups -OCH3 is 1. The molecule has 6 N–H and O–H groups in total. The van der Waals surface area contributed by atoms with Gasteiger partial charge in [0.05, 0.1) is 23.3 Å². The molecule has 180 valence electrons. The molecule has 0 aliphatic carbocycles. The predicted molar refractivity (Wildman–Crippen MR) is 130 cm³/mol. The van der Waals surface area contributed by atoms with Crippen molar-refractivity contribution in [2.45, 2.75) is 12.6 Å². The summed E-state index contributed by atoms with van der Waals surface area (Å²) < 4.78 is 11.3. The monoisotopic (exact) mass is 485 g/mol. The lowest BCUT2D eigenvalue weighted by atomic mass is 9.95. The molecule has 1 aromatic heterocycles. The number of benzene rings is 2. The maximum atomic E-state index is 11.3. The number of hydrogen-bond donors (Lipinski definition) is 4. The van der Waals surface area contributed by atoms with Gasteiger partial charge in [0.1, 0.15) is 35.9 Å². The molecule has 1 aliphatic heterocycles. The summed E-state index contributed by atoms with van der Waals surface area (Å²) in [6, 6.07) is 12.4. The van der Waals surface area contributed by atoms with E-state index in [1.165, 1.54) is 13.2 Å². The Morgan fingerprint density at radius 1 is 1.22 bits per heavy atom. The van der Waals surface area contributed by atoms with Crippen molar-refractivity contribution in [3.8, 4) is 23.8 Å². The normalized spacial score (nSPS) is 13.8. The molecule has 0 amide bonds. The number of anilines is 3. The molecule has 0 fully saturated rings. The number of aromatic nitrogens is 1. The van der Waals surface area contributed by atoms with Crippen LogP contribution in [0.3, 0.4) is 0 Å². The number of hydrogen-bond acceptors (Lipinski definition) is 12. The van der Waals surface area contributed by atoms with Crippen molar-refractivity contribution >= 4 is 29.0 Å². The molecule has 0 saturated heterocycles. The van der Waals surface area contributed by atoms with Gasteiger partial charge in [0.2, 0.25) is 5.96 Å². The van der Waals surface area contributed by atoms with Crippen LogP contribution in [0.1, 0.15) is 28.3 Å². The van der Waals surface area contributed by atoms with Crippen LogP contribution in [0.4, 0.5) is 23.0 Å². The van der Waals surface area contributed by atoms with E-state index in [0.717, 1.165) is 0 Å². The van der Waals surface area contributed by atoms with Crippen LogP contribution >= 0.6 is 0 Å².